The lowest BCUT2D eigenvalue weighted by atomic mass is 10.1. The van der Waals surface area contributed by atoms with Gasteiger partial charge in [0.15, 0.2) is 5.96 Å². The van der Waals surface area contributed by atoms with E-state index in [0.717, 1.165) is 12.2 Å². The van der Waals surface area contributed by atoms with E-state index in [-0.39, 0.29) is 36.0 Å². The van der Waals surface area contributed by atoms with Crippen LogP contribution in [0.25, 0.3) is 0 Å². The van der Waals surface area contributed by atoms with E-state index in [9.17, 15) is 4.79 Å². The molecule has 3 N–H and O–H groups in total. The molecule has 0 aliphatic carbocycles. The van der Waals surface area contributed by atoms with Gasteiger partial charge in [-0.25, -0.2) is 0 Å². The minimum atomic E-state index is -0.138. The van der Waals surface area contributed by atoms with Gasteiger partial charge in [-0.15, -0.1) is 24.0 Å². The Bertz CT molecular complexity index is 819. The van der Waals surface area contributed by atoms with Crippen molar-refractivity contribution in [1.82, 2.24) is 16.0 Å². The lowest BCUT2D eigenvalue weighted by Gasteiger charge is -2.15. The van der Waals surface area contributed by atoms with Crippen molar-refractivity contribution in [2.24, 2.45) is 4.99 Å². The van der Waals surface area contributed by atoms with Gasteiger partial charge in [0.2, 0.25) is 0 Å². The maximum atomic E-state index is 12.2. The Balaban J connectivity index is 0.00000300. The maximum absolute atomic E-state index is 12.2. The Morgan fingerprint density at radius 1 is 1.14 bits per heavy atom. The number of para-hydroxylation sites is 1. The van der Waals surface area contributed by atoms with Crippen LogP contribution in [0.1, 0.15) is 15.9 Å². The topological polar surface area (TPSA) is 84.0 Å². The number of carbonyl (C=O) groups is 1. The number of aliphatic imine (C=N–C) groups is 1. The quantitative estimate of drug-likeness (QED) is 0.230. The normalized spacial score (nSPS) is 14.8. The first-order chi connectivity index (χ1) is 13.7. The lowest BCUT2D eigenvalue weighted by Crippen LogP contribution is -2.44. The average molecular weight is 510 g/mol. The molecule has 0 bridgehead atoms. The largest absolute Gasteiger partial charge is 0.497 e. The number of nitrogens with one attached hydrogen (secondary N) is 3. The van der Waals surface area contributed by atoms with Crippen LogP contribution in [-0.2, 0) is 6.42 Å². The molecule has 0 spiro atoms. The molecule has 8 heteroatoms. The van der Waals surface area contributed by atoms with Crippen LogP contribution < -0.4 is 25.4 Å². The molecule has 1 atom stereocenters. The molecule has 1 amide bonds. The highest BCUT2D eigenvalue weighted by atomic mass is 127. The lowest BCUT2D eigenvalue weighted by molar-refractivity contribution is 0.0954. The van der Waals surface area contributed by atoms with Gasteiger partial charge in [0.1, 0.15) is 17.6 Å². The summed E-state index contributed by atoms with van der Waals surface area (Å²) in [4.78, 5) is 16.4. The second kappa shape index (κ2) is 11.5. The molecule has 0 saturated heterocycles. The van der Waals surface area contributed by atoms with Gasteiger partial charge >= 0.3 is 0 Å². The van der Waals surface area contributed by atoms with Gasteiger partial charge in [-0.05, 0) is 29.8 Å². The zero-order chi connectivity index (χ0) is 19.8. The minimum absolute atomic E-state index is 0. The number of methoxy groups -OCH3 is 1. The summed E-state index contributed by atoms with van der Waals surface area (Å²) >= 11 is 0. The molecule has 7 nitrogen and oxygen atoms in total. The fourth-order valence-electron chi connectivity index (χ4n) is 3.02. The number of hydrogen-bond donors (Lipinski definition) is 3. The molecule has 29 heavy (non-hydrogen) atoms. The molecule has 0 saturated carbocycles. The Kier molecular flexibility index (Phi) is 9.04. The monoisotopic (exact) mass is 510 g/mol. The summed E-state index contributed by atoms with van der Waals surface area (Å²) in [6.07, 6.45) is 0.972. The Morgan fingerprint density at radius 2 is 1.93 bits per heavy atom. The Morgan fingerprint density at radius 3 is 2.69 bits per heavy atom. The molecule has 1 aliphatic rings. The molecular weight excluding hydrogens is 483 g/mol. The van der Waals surface area contributed by atoms with Crippen LogP contribution >= 0.6 is 24.0 Å². The van der Waals surface area contributed by atoms with Gasteiger partial charge in [0.25, 0.3) is 5.91 Å². The van der Waals surface area contributed by atoms with Crippen molar-refractivity contribution in [3.05, 3.63) is 59.7 Å². The van der Waals surface area contributed by atoms with Crippen LogP contribution in [0.2, 0.25) is 0 Å². The third-order valence-electron chi connectivity index (χ3n) is 4.47. The SMILES string of the molecule is CN=C(NCCNC(=O)c1cccc(OC)c1)NCC1Cc2ccccc2O1.I. The first kappa shape index (κ1) is 22.8. The summed E-state index contributed by atoms with van der Waals surface area (Å²) < 4.78 is 11.1. The number of nitrogens with zero attached hydrogens (tertiary/aromatic N) is 1. The summed E-state index contributed by atoms with van der Waals surface area (Å²) in [5, 5.41) is 9.33. The number of ether oxygens (including phenoxy) is 2. The van der Waals surface area contributed by atoms with Crippen LogP contribution in [0.15, 0.2) is 53.5 Å². The van der Waals surface area contributed by atoms with Crippen molar-refractivity contribution in [3.8, 4) is 11.5 Å². The maximum Gasteiger partial charge on any atom is 0.251 e. The van der Waals surface area contributed by atoms with Gasteiger partial charge in [-0.2, -0.15) is 0 Å². The van der Waals surface area contributed by atoms with E-state index in [1.165, 1.54) is 5.56 Å². The predicted molar refractivity (Wildman–Crippen MR) is 125 cm³/mol. The van der Waals surface area contributed by atoms with Crippen molar-refractivity contribution in [3.63, 3.8) is 0 Å². The molecule has 156 valence electrons. The summed E-state index contributed by atoms with van der Waals surface area (Å²) in [7, 11) is 3.29. The zero-order valence-electron chi connectivity index (χ0n) is 16.6. The van der Waals surface area contributed by atoms with E-state index in [2.05, 4.69) is 27.0 Å². The number of amides is 1. The molecule has 0 aromatic heterocycles. The van der Waals surface area contributed by atoms with Crippen LogP contribution in [0.4, 0.5) is 0 Å². The molecule has 1 unspecified atom stereocenters. The smallest absolute Gasteiger partial charge is 0.251 e. The highest BCUT2D eigenvalue weighted by molar-refractivity contribution is 14.0. The van der Waals surface area contributed by atoms with Crippen molar-refractivity contribution in [1.29, 1.82) is 0 Å². The standard InChI is InChI=1S/C21H26N4O3.HI/c1-22-21(25-14-18-12-15-6-3-4-9-19(15)28-18)24-11-10-23-20(26)16-7-5-8-17(13-16)27-2;/h3-9,13,18H,10-12,14H2,1-2H3,(H,23,26)(H2,22,24,25);1H. The fraction of sp³-hybridized carbons (Fsp3) is 0.333. The van der Waals surface area contributed by atoms with Crippen molar-refractivity contribution >= 4 is 35.8 Å². The molecule has 1 aliphatic heterocycles. The number of fused-ring (bicyclic) bond motifs is 1. The van der Waals surface area contributed by atoms with Crippen molar-refractivity contribution in [2.75, 3.05) is 33.8 Å². The third kappa shape index (κ3) is 6.52. The minimum Gasteiger partial charge on any atom is -0.497 e. The van der Waals surface area contributed by atoms with Crippen molar-refractivity contribution in [2.45, 2.75) is 12.5 Å². The molecule has 1 heterocycles. The molecule has 3 rings (SSSR count). The highest BCUT2D eigenvalue weighted by Crippen LogP contribution is 2.27. The van der Waals surface area contributed by atoms with Crippen LogP contribution in [0, 0.1) is 0 Å². The second-order valence-electron chi connectivity index (χ2n) is 6.42. The van der Waals surface area contributed by atoms with E-state index < -0.39 is 0 Å². The zero-order valence-corrected chi connectivity index (χ0v) is 18.9. The predicted octanol–water partition coefficient (Wildman–Crippen LogP) is 2.21. The van der Waals surface area contributed by atoms with E-state index in [4.69, 9.17) is 9.47 Å². The number of guanidine groups is 1. The number of hydrogen-bond acceptors (Lipinski definition) is 4. The molecule has 0 radical (unpaired) electrons. The van der Waals surface area contributed by atoms with Gasteiger partial charge < -0.3 is 25.4 Å². The van der Waals surface area contributed by atoms with Crippen LogP contribution in [0.3, 0.4) is 0 Å². The van der Waals surface area contributed by atoms with Gasteiger partial charge in [-0.3, -0.25) is 9.79 Å². The summed E-state index contributed by atoms with van der Waals surface area (Å²) in [5.74, 6) is 2.15. The number of benzene rings is 2. The fourth-order valence-corrected chi connectivity index (χ4v) is 3.02. The van der Waals surface area contributed by atoms with Gasteiger partial charge in [-0.1, -0.05) is 24.3 Å². The third-order valence-corrected chi connectivity index (χ3v) is 4.47. The molecule has 0 fully saturated rings. The second-order valence-corrected chi connectivity index (χ2v) is 6.42. The van der Waals surface area contributed by atoms with E-state index in [0.29, 0.717) is 36.9 Å². The number of carbonyl (C=O) groups excluding carboxylic acids is 1. The van der Waals surface area contributed by atoms with E-state index >= 15 is 0 Å². The van der Waals surface area contributed by atoms with Gasteiger partial charge in [0.05, 0.1) is 13.7 Å². The van der Waals surface area contributed by atoms with Crippen molar-refractivity contribution < 1.29 is 14.3 Å². The molecule has 2 aromatic rings. The Hall–Kier alpha value is -2.49. The van der Waals surface area contributed by atoms with E-state index in [1.54, 1.807) is 38.4 Å². The summed E-state index contributed by atoms with van der Waals surface area (Å²) in [6, 6.07) is 15.2. The summed E-state index contributed by atoms with van der Waals surface area (Å²) in [6.45, 7) is 1.69. The number of halogens is 1. The summed E-state index contributed by atoms with van der Waals surface area (Å²) in [5.41, 5.74) is 1.80. The Labute approximate surface area is 188 Å². The molecule has 2 aromatic carbocycles. The van der Waals surface area contributed by atoms with Gasteiger partial charge in [0, 0.05) is 32.1 Å². The van der Waals surface area contributed by atoms with Crippen LogP contribution in [-0.4, -0.2) is 51.8 Å². The first-order valence-corrected chi connectivity index (χ1v) is 9.31. The van der Waals surface area contributed by atoms with Crippen LogP contribution in [0.5, 0.6) is 11.5 Å². The number of rotatable bonds is 7. The average Bonchev–Trinajstić information content (AvgIpc) is 3.16. The van der Waals surface area contributed by atoms with E-state index in [1.807, 2.05) is 18.2 Å². The highest BCUT2D eigenvalue weighted by Gasteiger charge is 2.22. The molecular formula is C21H27IN4O3. The first-order valence-electron chi connectivity index (χ1n) is 9.31.